The number of hydrogen-bond donors (Lipinski definition) is 0. The largest absolute Gasteiger partial charge is 0.459 e. The van der Waals surface area contributed by atoms with Crippen LogP contribution in [-0.2, 0) is 14.2 Å². The van der Waals surface area contributed by atoms with Crippen molar-refractivity contribution in [2.75, 3.05) is 13.2 Å². The molecule has 0 amide bonds. The maximum absolute atomic E-state index is 11.6. The van der Waals surface area contributed by atoms with Crippen molar-refractivity contribution in [1.82, 2.24) is 0 Å². The molecule has 1 aliphatic heterocycles. The number of benzene rings is 1. The second-order valence-corrected chi connectivity index (χ2v) is 4.42. The highest BCUT2D eigenvalue weighted by Crippen LogP contribution is 2.22. The summed E-state index contributed by atoms with van der Waals surface area (Å²) in [7, 11) is 0. The van der Waals surface area contributed by atoms with E-state index in [0.717, 1.165) is 0 Å². The molecule has 1 aromatic carbocycles. The van der Waals surface area contributed by atoms with Crippen molar-refractivity contribution >= 4 is 5.97 Å². The van der Waals surface area contributed by atoms with Gasteiger partial charge in [-0.1, -0.05) is 18.2 Å². The lowest BCUT2D eigenvalue weighted by Gasteiger charge is -2.16. The number of esters is 1. The van der Waals surface area contributed by atoms with Gasteiger partial charge in [0.2, 0.25) is 0 Å². The molecule has 1 fully saturated rings. The lowest BCUT2D eigenvalue weighted by Crippen LogP contribution is -2.25. The van der Waals surface area contributed by atoms with Crippen LogP contribution in [0.15, 0.2) is 30.3 Å². The van der Waals surface area contributed by atoms with Crippen LogP contribution in [0.4, 0.5) is 0 Å². The fourth-order valence-electron chi connectivity index (χ4n) is 1.67. The van der Waals surface area contributed by atoms with Gasteiger partial charge in [-0.25, -0.2) is 4.79 Å². The van der Waals surface area contributed by atoms with E-state index in [1.807, 2.05) is 19.9 Å². The predicted molar refractivity (Wildman–Crippen MR) is 61.6 cm³/mol. The fraction of sp³-hybridized carbons (Fsp3) is 0.462. The average Bonchev–Trinajstić information content (AvgIpc) is 2.67. The summed E-state index contributed by atoms with van der Waals surface area (Å²) in [6, 6.07) is 8.90. The lowest BCUT2D eigenvalue weighted by molar-refractivity contribution is -0.142. The van der Waals surface area contributed by atoms with Crippen molar-refractivity contribution in [2.24, 2.45) is 0 Å². The van der Waals surface area contributed by atoms with Crippen LogP contribution in [0.25, 0.3) is 0 Å². The molecule has 0 radical (unpaired) electrons. The van der Waals surface area contributed by atoms with Gasteiger partial charge < -0.3 is 14.2 Å². The van der Waals surface area contributed by atoms with Gasteiger partial charge in [0.15, 0.2) is 5.79 Å². The third-order valence-corrected chi connectivity index (χ3v) is 2.48. The first-order valence-corrected chi connectivity index (χ1v) is 5.61. The Labute approximate surface area is 100 Å². The third kappa shape index (κ3) is 3.28. The summed E-state index contributed by atoms with van der Waals surface area (Å²) in [5.74, 6) is -0.914. The van der Waals surface area contributed by atoms with Crippen LogP contribution in [0.5, 0.6) is 0 Å². The number of rotatable bonds is 3. The van der Waals surface area contributed by atoms with Crippen LogP contribution in [0.2, 0.25) is 0 Å². The van der Waals surface area contributed by atoms with Gasteiger partial charge >= 0.3 is 5.97 Å². The molecule has 0 N–H and O–H groups in total. The molecule has 4 nitrogen and oxygen atoms in total. The van der Waals surface area contributed by atoms with Crippen molar-refractivity contribution in [2.45, 2.75) is 25.7 Å². The number of carbonyl (C=O) groups excluding carboxylic acids is 1. The zero-order valence-corrected chi connectivity index (χ0v) is 10.0. The average molecular weight is 236 g/mol. The van der Waals surface area contributed by atoms with Crippen LogP contribution in [-0.4, -0.2) is 31.1 Å². The molecule has 17 heavy (non-hydrogen) atoms. The zero-order valence-electron chi connectivity index (χ0n) is 10.0. The fourth-order valence-corrected chi connectivity index (χ4v) is 1.67. The van der Waals surface area contributed by atoms with E-state index in [1.165, 1.54) is 0 Å². The summed E-state index contributed by atoms with van der Waals surface area (Å²) in [5.41, 5.74) is 0.547. The molecule has 0 bridgehead atoms. The summed E-state index contributed by atoms with van der Waals surface area (Å²) in [5, 5.41) is 0. The highest BCUT2D eigenvalue weighted by atomic mass is 16.7. The summed E-state index contributed by atoms with van der Waals surface area (Å²) in [6.07, 6.45) is -0.183. The van der Waals surface area contributed by atoms with Crippen LogP contribution >= 0.6 is 0 Å². The zero-order chi connectivity index (χ0) is 12.3. The minimum absolute atomic E-state index is 0.183. The third-order valence-electron chi connectivity index (χ3n) is 2.48. The Kier molecular flexibility index (Phi) is 3.45. The molecule has 1 unspecified atom stereocenters. The molecule has 1 saturated heterocycles. The Morgan fingerprint density at radius 1 is 1.41 bits per heavy atom. The molecule has 4 heteroatoms. The quantitative estimate of drug-likeness (QED) is 0.753. The molecular weight excluding hydrogens is 220 g/mol. The maximum Gasteiger partial charge on any atom is 0.338 e. The summed E-state index contributed by atoms with van der Waals surface area (Å²) >= 11 is 0. The molecule has 1 atom stereocenters. The summed E-state index contributed by atoms with van der Waals surface area (Å²) < 4.78 is 16.1. The van der Waals surface area contributed by atoms with Gasteiger partial charge in [-0.05, 0) is 26.0 Å². The van der Waals surface area contributed by atoms with E-state index >= 15 is 0 Å². The van der Waals surface area contributed by atoms with E-state index < -0.39 is 5.79 Å². The first-order valence-electron chi connectivity index (χ1n) is 5.61. The minimum Gasteiger partial charge on any atom is -0.459 e. The Bertz CT molecular complexity index is 386. The molecule has 1 aliphatic rings. The highest BCUT2D eigenvalue weighted by Gasteiger charge is 2.33. The molecule has 0 spiro atoms. The van der Waals surface area contributed by atoms with Gasteiger partial charge in [0.05, 0.1) is 12.2 Å². The molecule has 2 rings (SSSR count). The maximum atomic E-state index is 11.6. The van der Waals surface area contributed by atoms with Crippen LogP contribution in [0, 0.1) is 0 Å². The minimum atomic E-state index is -0.580. The number of carbonyl (C=O) groups is 1. The van der Waals surface area contributed by atoms with Crippen LogP contribution in [0.1, 0.15) is 24.2 Å². The molecule has 0 aliphatic carbocycles. The van der Waals surface area contributed by atoms with Crippen molar-refractivity contribution in [3.63, 3.8) is 0 Å². The molecule has 92 valence electrons. The van der Waals surface area contributed by atoms with Crippen molar-refractivity contribution in [3.05, 3.63) is 35.9 Å². The van der Waals surface area contributed by atoms with E-state index in [1.54, 1.807) is 24.3 Å². The van der Waals surface area contributed by atoms with E-state index in [0.29, 0.717) is 12.2 Å². The Hall–Kier alpha value is -1.39. The van der Waals surface area contributed by atoms with Crippen LogP contribution < -0.4 is 0 Å². The van der Waals surface area contributed by atoms with Gasteiger partial charge in [-0.2, -0.15) is 0 Å². The first kappa shape index (κ1) is 12.1. The normalized spacial score (nSPS) is 22.4. The highest BCUT2D eigenvalue weighted by molar-refractivity contribution is 5.89. The van der Waals surface area contributed by atoms with Gasteiger partial charge in [-0.15, -0.1) is 0 Å². The molecular formula is C13H16O4. The number of hydrogen-bond acceptors (Lipinski definition) is 4. The molecule has 1 heterocycles. The van der Waals surface area contributed by atoms with Crippen molar-refractivity contribution in [3.8, 4) is 0 Å². The van der Waals surface area contributed by atoms with Gasteiger partial charge in [-0.3, -0.25) is 0 Å². The van der Waals surface area contributed by atoms with Gasteiger partial charge in [0, 0.05) is 0 Å². The van der Waals surface area contributed by atoms with E-state index in [2.05, 4.69) is 0 Å². The molecule has 0 saturated carbocycles. The van der Waals surface area contributed by atoms with Gasteiger partial charge in [0.1, 0.15) is 12.7 Å². The lowest BCUT2D eigenvalue weighted by atomic mass is 10.2. The molecule has 0 aromatic heterocycles. The monoisotopic (exact) mass is 236 g/mol. The van der Waals surface area contributed by atoms with E-state index in [9.17, 15) is 4.79 Å². The second kappa shape index (κ2) is 4.85. The Morgan fingerprint density at radius 2 is 2.12 bits per heavy atom. The Balaban J connectivity index is 1.82. The van der Waals surface area contributed by atoms with E-state index in [4.69, 9.17) is 14.2 Å². The van der Waals surface area contributed by atoms with E-state index in [-0.39, 0.29) is 18.7 Å². The smallest absolute Gasteiger partial charge is 0.338 e. The van der Waals surface area contributed by atoms with Crippen molar-refractivity contribution in [1.29, 1.82) is 0 Å². The standard InChI is InChI=1S/C13H16O4/c1-13(2)16-9-11(17-13)8-15-12(14)10-6-4-3-5-7-10/h3-7,11H,8-9H2,1-2H3. The topological polar surface area (TPSA) is 44.8 Å². The SMILES string of the molecule is CC1(C)OCC(COC(=O)c2ccccc2)O1. The summed E-state index contributed by atoms with van der Waals surface area (Å²) in [6.45, 7) is 4.35. The van der Waals surface area contributed by atoms with Crippen molar-refractivity contribution < 1.29 is 19.0 Å². The van der Waals surface area contributed by atoms with Crippen LogP contribution in [0.3, 0.4) is 0 Å². The second-order valence-electron chi connectivity index (χ2n) is 4.42. The number of ether oxygens (including phenoxy) is 3. The first-order chi connectivity index (χ1) is 8.07. The predicted octanol–water partition coefficient (Wildman–Crippen LogP) is 1.99. The summed E-state index contributed by atoms with van der Waals surface area (Å²) in [4.78, 5) is 11.6. The van der Waals surface area contributed by atoms with Gasteiger partial charge in [0.25, 0.3) is 0 Å². The Morgan fingerprint density at radius 3 is 2.71 bits per heavy atom. The molecule has 1 aromatic rings.